The first-order valence-corrected chi connectivity index (χ1v) is 6.84. The maximum atomic E-state index is 12.0. The van der Waals surface area contributed by atoms with E-state index in [9.17, 15) is 14.9 Å². The van der Waals surface area contributed by atoms with Gasteiger partial charge in [0.15, 0.2) is 0 Å². The van der Waals surface area contributed by atoms with Gasteiger partial charge in [-0.2, -0.15) is 0 Å². The number of nitro groups is 1. The van der Waals surface area contributed by atoms with Crippen LogP contribution in [0.3, 0.4) is 0 Å². The molecule has 1 aliphatic carbocycles. The van der Waals surface area contributed by atoms with Crippen molar-refractivity contribution in [3.8, 4) is 0 Å². The third kappa shape index (κ3) is 3.77. The van der Waals surface area contributed by atoms with Crippen molar-refractivity contribution in [2.75, 3.05) is 6.54 Å². The Hall–Kier alpha value is -1.95. The van der Waals surface area contributed by atoms with Gasteiger partial charge < -0.3 is 11.1 Å². The van der Waals surface area contributed by atoms with Crippen molar-refractivity contribution in [3.05, 3.63) is 39.9 Å². The first-order valence-electron chi connectivity index (χ1n) is 6.84. The molecule has 108 valence electrons. The topological polar surface area (TPSA) is 98.3 Å². The molecule has 1 fully saturated rings. The molecule has 0 aromatic heterocycles. The molecular weight excluding hydrogens is 258 g/mol. The molecule has 6 nitrogen and oxygen atoms in total. The summed E-state index contributed by atoms with van der Waals surface area (Å²) in [5.41, 5.74) is 6.10. The molecule has 0 atom stereocenters. The van der Waals surface area contributed by atoms with Crippen LogP contribution >= 0.6 is 0 Å². The van der Waals surface area contributed by atoms with E-state index < -0.39 is 4.92 Å². The summed E-state index contributed by atoms with van der Waals surface area (Å²) in [5.74, 6) is 0.195. The highest BCUT2D eigenvalue weighted by atomic mass is 16.6. The Morgan fingerprint density at radius 1 is 1.35 bits per heavy atom. The van der Waals surface area contributed by atoms with Crippen LogP contribution in [0.5, 0.6) is 0 Å². The van der Waals surface area contributed by atoms with Crippen LogP contribution in [0.4, 0.5) is 5.69 Å². The molecule has 1 aromatic rings. The molecular formula is C14H19N3O3. The highest BCUT2D eigenvalue weighted by molar-refractivity contribution is 5.94. The summed E-state index contributed by atoms with van der Waals surface area (Å²) in [4.78, 5) is 22.1. The fraction of sp³-hybridized carbons (Fsp3) is 0.500. The van der Waals surface area contributed by atoms with Gasteiger partial charge in [-0.3, -0.25) is 14.9 Å². The van der Waals surface area contributed by atoms with Gasteiger partial charge >= 0.3 is 0 Å². The standard InChI is InChI=1S/C14H19N3O3/c15-12-6-4-10(5-7-12)9-16-14(18)11-2-1-3-13(8-11)17(19)20/h1-3,8,10,12H,4-7,9,15H2,(H,16,18). The highest BCUT2D eigenvalue weighted by Crippen LogP contribution is 2.22. The SMILES string of the molecule is NC1CCC(CNC(=O)c2cccc([N+](=O)[O-])c2)CC1. The van der Waals surface area contributed by atoms with Crippen molar-refractivity contribution in [1.82, 2.24) is 5.32 Å². The molecule has 1 aromatic carbocycles. The summed E-state index contributed by atoms with van der Waals surface area (Å²) in [6.07, 6.45) is 4.04. The smallest absolute Gasteiger partial charge is 0.270 e. The number of hydrogen-bond acceptors (Lipinski definition) is 4. The maximum absolute atomic E-state index is 12.0. The average molecular weight is 277 g/mol. The van der Waals surface area contributed by atoms with Crippen LogP contribution in [0, 0.1) is 16.0 Å². The van der Waals surface area contributed by atoms with Gasteiger partial charge in [-0.15, -0.1) is 0 Å². The van der Waals surface area contributed by atoms with E-state index in [0.29, 0.717) is 24.1 Å². The normalized spacial score (nSPS) is 22.2. The molecule has 3 N–H and O–H groups in total. The van der Waals surface area contributed by atoms with Crippen LogP contribution in [-0.4, -0.2) is 23.4 Å². The Morgan fingerprint density at radius 3 is 2.70 bits per heavy atom. The number of carbonyl (C=O) groups excluding carboxylic acids is 1. The zero-order valence-electron chi connectivity index (χ0n) is 11.2. The number of amides is 1. The number of hydrogen-bond donors (Lipinski definition) is 2. The van der Waals surface area contributed by atoms with Gasteiger partial charge in [0, 0.05) is 30.3 Å². The number of carbonyl (C=O) groups is 1. The predicted octanol–water partition coefficient (Wildman–Crippen LogP) is 1.84. The van der Waals surface area contributed by atoms with Crippen LogP contribution in [0.2, 0.25) is 0 Å². The summed E-state index contributed by atoms with van der Waals surface area (Å²) in [6, 6.07) is 6.07. The number of nitrogens with two attached hydrogens (primary N) is 1. The van der Waals surface area contributed by atoms with Gasteiger partial charge in [0.1, 0.15) is 0 Å². The quantitative estimate of drug-likeness (QED) is 0.648. The lowest BCUT2D eigenvalue weighted by atomic mass is 9.86. The molecule has 1 saturated carbocycles. The van der Waals surface area contributed by atoms with Crippen molar-refractivity contribution in [2.45, 2.75) is 31.7 Å². The second kappa shape index (κ2) is 6.47. The van der Waals surface area contributed by atoms with E-state index in [1.807, 2.05) is 0 Å². The van der Waals surface area contributed by atoms with Crippen molar-refractivity contribution in [2.24, 2.45) is 11.7 Å². The van der Waals surface area contributed by atoms with Gasteiger partial charge in [-0.25, -0.2) is 0 Å². The zero-order valence-corrected chi connectivity index (χ0v) is 11.2. The lowest BCUT2D eigenvalue weighted by molar-refractivity contribution is -0.384. The largest absolute Gasteiger partial charge is 0.352 e. The Morgan fingerprint density at radius 2 is 2.05 bits per heavy atom. The van der Waals surface area contributed by atoms with E-state index in [1.54, 1.807) is 6.07 Å². The Balaban J connectivity index is 1.88. The first kappa shape index (κ1) is 14.5. The Labute approximate surface area is 117 Å². The molecule has 0 unspecified atom stereocenters. The lowest BCUT2D eigenvalue weighted by Crippen LogP contribution is -2.34. The minimum atomic E-state index is -0.501. The summed E-state index contributed by atoms with van der Waals surface area (Å²) in [7, 11) is 0. The lowest BCUT2D eigenvalue weighted by Gasteiger charge is -2.26. The van der Waals surface area contributed by atoms with Gasteiger partial charge in [0.2, 0.25) is 0 Å². The molecule has 6 heteroatoms. The minimum absolute atomic E-state index is 0.0683. The summed E-state index contributed by atoms with van der Waals surface area (Å²) in [5, 5.41) is 13.5. The molecule has 0 saturated heterocycles. The van der Waals surface area contributed by atoms with E-state index in [-0.39, 0.29) is 11.6 Å². The summed E-state index contributed by atoms with van der Waals surface area (Å²) < 4.78 is 0. The van der Waals surface area contributed by atoms with Crippen molar-refractivity contribution >= 4 is 11.6 Å². The fourth-order valence-corrected chi connectivity index (χ4v) is 2.49. The summed E-state index contributed by atoms with van der Waals surface area (Å²) in [6.45, 7) is 0.605. The van der Waals surface area contributed by atoms with E-state index >= 15 is 0 Å². The molecule has 0 spiro atoms. The Bertz CT molecular complexity index is 496. The van der Waals surface area contributed by atoms with E-state index in [4.69, 9.17) is 5.73 Å². The third-order valence-corrected chi connectivity index (χ3v) is 3.76. The highest BCUT2D eigenvalue weighted by Gasteiger charge is 2.19. The number of rotatable bonds is 4. The second-order valence-corrected chi connectivity index (χ2v) is 5.30. The number of non-ortho nitro benzene ring substituents is 1. The van der Waals surface area contributed by atoms with Crippen molar-refractivity contribution in [3.63, 3.8) is 0 Å². The van der Waals surface area contributed by atoms with Gasteiger partial charge in [0.25, 0.3) is 11.6 Å². The zero-order chi connectivity index (χ0) is 14.5. The average Bonchev–Trinajstić information content (AvgIpc) is 2.46. The van der Waals surface area contributed by atoms with Crippen LogP contribution in [0.25, 0.3) is 0 Å². The Kier molecular flexibility index (Phi) is 4.68. The van der Waals surface area contributed by atoms with E-state index in [1.165, 1.54) is 18.2 Å². The number of benzene rings is 1. The number of nitrogens with one attached hydrogen (secondary N) is 1. The summed E-state index contributed by atoms with van der Waals surface area (Å²) >= 11 is 0. The van der Waals surface area contributed by atoms with Gasteiger partial charge in [0.05, 0.1) is 4.92 Å². The number of nitro benzene ring substituents is 1. The number of nitrogens with zero attached hydrogens (tertiary/aromatic N) is 1. The molecule has 1 aliphatic rings. The molecule has 0 aliphatic heterocycles. The van der Waals surface area contributed by atoms with Crippen molar-refractivity contribution in [1.29, 1.82) is 0 Å². The maximum Gasteiger partial charge on any atom is 0.270 e. The molecule has 1 amide bonds. The third-order valence-electron chi connectivity index (χ3n) is 3.76. The first-order chi connectivity index (χ1) is 9.56. The minimum Gasteiger partial charge on any atom is -0.352 e. The molecule has 0 radical (unpaired) electrons. The van der Waals surface area contributed by atoms with Crippen LogP contribution in [-0.2, 0) is 0 Å². The molecule has 0 heterocycles. The van der Waals surface area contributed by atoms with E-state index in [2.05, 4.69) is 5.32 Å². The predicted molar refractivity (Wildman–Crippen MR) is 75.4 cm³/mol. The molecule has 2 rings (SSSR count). The van der Waals surface area contributed by atoms with Crippen molar-refractivity contribution < 1.29 is 9.72 Å². The molecule has 20 heavy (non-hydrogen) atoms. The van der Waals surface area contributed by atoms with Gasteiger partial charge in [-0.1, -0.05) is 6.07 Å². The van der Waals surface area contributed by atoms with Gasteiger partial charge in [-0.05, 0) is 37.7 Å². The monoisotopic (exact) mass is 277 g/mol. The van der Waals surface area contributed by atoms with Crippen LogP contribution in [0.15, 0.2) is 24.3 Å². The molecule has 0 bridgehead atoms. The van der Waals surface area contributed by atoms with Crippen LogP contribution < -0.4 is 11.1 Å². The second-order valence-electron chi connectivity index (χ2n) is 5.30. The van der Waals surface area contributed by atoms with E-state index in [0.717, 1.165) is 25.7 Å². The van der Waals surface area contributed by atoms with Crippen LogP contribution in [0.1, 0.15) is 36.0 Å². The fourth-order valence-electron chi connectivity index (χ4n) is 2.49.